The van der Waals surface area contributed by atoms with E-state index in [1.54, 1.807) is 18.2 Å². The van der Waals surface area contributed by atoms with E-state index in [0.717, 1.165) is 18.4 Å². The number of anilines is 1. The minimum atomic E-state index is -1.16. The molecule has 3 aromatic rings. The van der Waals surface area contributed by atoms with Crippen LogP contribution in [0.4, 0.5) is 5.82 Å². The Kier molecular flexibility index (Phi) is 8.85. The Hall–Kier alpha value is -3.56. The van der Waals surface area contributed by atoms with Crippen LogP contribution in [0.2, 0.25) is 5.02 Å². The SMILES string of the molecule is CNC(=O)[C@H]1O[C@@H](n2cnc3c(NCc4cc(Cl)ccc4OCC(=O)N4CCC(NC)CC4)ncnc32)[C@H](O)[C@@H]1N. The number of aliphatic hydroxyl groups is 1. The molecule has 41 heavy (non-hydrogen) atoms. The molecule has 0 aliphatic carbocycles. The van der Waals surface area contributed by atoms with Gasteiger partial charge in [0.1, 0.15) is 18.2 Å². The lowest BCUT2D eigenvalue weighted by atomic mass is 10.1. The fourth-order valence-electron chi connectivity index (χ4n) is 5.12. The molecule has 220 valence electrons. The number of nitrogens with zero attached hydrogens (tertiary/aromatic N) is 5. The average molecular weight is 588 g/mol. The molecular formula is C26H34ClN9O5. The number of halogens is 1. The smallest absolute Gasteiger partial charge is 0.260 e. The highest BCUT2D eigenvalue weighted by atomic mass is 35.5. The van der Waals surface area contributed by atoms with Crippen LogP contribution >= 0.6 is 11.6 Å². The van der Waals surface area contributed by atoms with E-state index in [0.29, 0.717) is 46.9 Å². The van der Waals surface area contributed by atoms with Gasteiger partial charge in [0.2, 0.25) is 0 Å². The molecule has 0 bridgehead atoms. The van der Waals surface area contributed by atoms with Gasteiger partial charge in [0.15, 0.2) is 35.9 Å². The summed E-state index contributed by atoms with van der Waals surface area (Å²) in [6, 6.07) is 4.70. The Labute approximate surface area is 241 Å². The zero-order chi connectivity index (χ0) is 29.1. The quantitative estimate of drug-likeness (QED) is 0.227. The van der Waals surface area contributed by atoms with E-state index in [1.165, 1.54) is 24.3 Å². The summed E-state index contributed by atoms with van der Waals surface area (Å²) in [6.45, 7) is 1.58. The lowest BCUT2D eigenvalue weighted by molar-refractivity contribution is -0.135. The van der Waals surface area contributed by atoms with E-state index >= 15 is 0 Å². The second-order valence-corrected chi connectivity index (χ2v) is 10.5. The number of imidazole rings is 1. The first-order valence-electron chi connectivity index (χ1n) is 13.4. The summed E-state index contributed by atoms with van der Waals surface area (Å²) in [6.07, 6.45) is 1.48. The van der Waals surface area contributed by atoms with E-state index < -0.39 is 30.4 Å². The summed E-state index contributed by atoms with van der Waals surface area (Å²) in [7, 11) is 3.41. The maximum atomic E-state index is 12.8. The van der Waals surface area contributed by atoms with E-state index in [1.807, 2.05) is 11.9 Å². The van der Waals surface area contributed by atoms with Gasteiger partial charge in [-0.25, -0.2) is 15.0 Å². The molecule has 4 heterocycles. The maximum Gasteiger partial charge on any atom is 0.260 e. The highest BCUT2D eigenvalue weighted by molar-refractivity contribution is 6.30. The number of ether oxygens (including phenoxy) is 2. The Bertz CT molecular complexity index is 1400. The standard InChI is InChI=1S/C26H34ClN9O5/c1-29-16-5-7-35(8-6-16)18(37)11-40-17-4-3-15(27)9-14(17)10-31-23-20-24(33-12-32-23)36(13-34-20)26-21(38)19(28)22(41-26)25(39)30-2/h3-4,9,12-13,16,19,21-22,26,29,38H,5-8,10-11,28H2,1-2H3,(H,30,39)(H,31,32,33)/t19-,21+,22-,26+/m0/s1. The first-order chi connectivity index (χ1) is 19.8. The molecule has 6 N–H and O–H groups in total. The third-order valence-electron chi connectivity index (χ3n) is 7.54. The van der Waals surface area contributed by atoms with E-state index in [2.05, 4.69) is 30.9 Å². The highest BCUT2D eigenvalue weighted by Gasteiger charge is 2.46. The molecule has 1 aromatic carbocycles. The number of fused-ring (bicyclic) bond motifs is 1. The van der Waals surface area contributed by atoms with Crippen molar-refractivity contribution < 1.29 is 24.2 Å². The van der Waals surface area contributed by atoms with E-state index in [-0.39, 0.29) is 19.1 Å². The number of hydrogen-bond acceptors (Lipinski definition) is 11. The minimum Gasteiger partial charge on any atom is -0.483 e. The summed E-state index contributed by atoms with van der Waals surface area (Å²) in [5.41, 5.74) is 7.57. The number of aliphatic hydroxyl groups excluding tert-OH is 1. The first kappa shape index (κ1) is 29.0. The van der Waals surface area contributed by atoms with Crippen molar-refractivity contribution in [1.82, 2.24) is 35.1 Å². The normalized spacial score (nSPS) is 23.1. The molecule has 2 aliphatic rings. The van der Waals surface area contributed by atoms with Crippen molar-refractivity contribution in [3.8, 4) is 5.75 Å². The summed E-state index contributed by atoms with van der Waals surface area (Å²) in [5.74, 6) is 0.446. The number of hydrogen-bond donors (Lipinski definition) is 5. The van der Waals surface area contributed by atoms with Crippen molar-refractivity contribution in [1.29, 1.82) is 0 Å². The molecule has 5 rings (SSSR count). The second kappa shape index (κ2) is 12.5. The van der Waals surface area contributed by atoms with Crippen molar-refractivity contribution >= 4 is 40.4 Å². The monoisotopic (exact) mass is 587 g/mol. The van der Waals surface area contributed by atoms with Crippen LogP contribution in [0.1, 0.15) is 24.6 Å². The topological polar surface area (TPSA) is 182 Å². The predicted octanol–water partition coefficient (Wildman–Crippen LogP) is 0.0126. The highest BCUT2D eigenvalue weighted by Crippen LogP contribution is 2.32. The molecule has 14 nitrogen and oxygen atoms in total. The van der Waals surface area contributed by atoms with E-state index in [4.69, 9.17) is 26.8 Å². The molecule has 2 fully saturated rings. The molecule has 15 heteroatoms. The van der Waals surface area contributed by atoms with Gasteiger partial charge in [-0.05, 0) is 38.1 Å². The summed E-state index contributed by atoms with van der Waals surface area (Å²) >= 11 is 6.27. The van der Waals surface area contributed by atoms with Crippen LogP contribution in [0.5, 0.6) is 5.75 Å². The van der Waals surface area contributed by atoms with Crippen LogP contribution in [0.15, 0.2) is 30.9 Å². The molecule has 2 aromatic heterocycles. The Balaban J connectivity index is 1.28. The van der Waals surface area contributed by atoms with Crippen molar-refractivity contribution in [3.05, 3.63) is 41.4 Å². The number of amides is 2. The fourth-order valence-corrected chi connectivity index (χ4v) is 5.32. The van der Waals surface area contributed by atoms with Gasteiger partial charge in [0.25, 0.3) is 11.8 Å². The van der Waals surface area contributed by atoms with Gasteiger partial charge in [-0.3, -0.25) is 14.2 Å². The molecule has 2 saturated heterocycles. The van der Waals surface area contributed by atoms with E-state index in [9.17, 15) is 14.7 Å². The van der Waals surface area contributed by atoms with Crippen LogP contribution in [0, 0.1) is 0 Å². The number of likely N-dealkylation sites (N-methyl/N-ethyl adjacent to an activating group) is 1. The third-order valence-corrected chi connectivity index (χ3v) is 7.77. The summed E-state index contributed by atoms with van der Waals surface area (Å²) < 4.78 is 13.2. The van der Waals surface area contributed by atoms with Gasteiger partial charge < -0.3 is 41.2 Å². The molecular weight excluding hydrogens is 554 g/mol. The number of rotatable bonds is 9. The van der Waals surface area contributed by atoms with Crippen molar-refractivity contribution in [2.75, 3.05) is 39.1 Å². The number of carbonyl (C=O) groups is 2. The summed E-state index contributed by atoms with van der Waals surface area (Å²) in [4.78, 5) is 39.8. The van der Waals surface area contributed by atoms with Gasteiger partial charge in [0.05, 0.1) is 12.4 Å². The summed E-state index contributed by atoms with van der Waals surface area (Å²) in [5, 5.41) is 20.2. The maximum absolute atomic E-state index is 12.8. The van der Waals surface area contributed by atoms with Crippen molar-refractivity contribution in [3.63, 3.8) is 0 Å². The van der Waals surface area contributed by atoms with Gasteiger partial charge in [-0.2, -0.15) is 0 Å². The third kappa shape index (κ3) is 6.06. The van der Waals surface area contributed by atoms with Crippen molar-refractivity contribution in [2.24, 2.45) is 5.73 Å². The van der Waals surface area contributed by atoms with Gasteiger partial charge in [-0.15, -0.1) is 0 Å². The number of likely N-dealkylation sites (tertiary alicyclic amines) is 1. The number of benzene rings is 1. The molecule has 0 unspecified atom stereocenters. The van der Waals surface area contributed by atoms with Gasteiger partial charge in [-0.1, -0.05) is 11.6 Å². The van der Waals surface area contributed by atoms with Crippen LogP contribution < -0.4 is 26.4 Å². The Morgan fingerprint density at radius 1 is 1.22 bits per heavy atom. The number of nitrogens with two attached hydrogens (primary N) is 1. The molecule has 0 spiro atoms. The minimum absolute atomic E-state index is 0.0637. The lowest BCUT2D eigenvalue weighted by Crippen LogP contribution is -2.46. The zero-order valence-electron chi connectivity index (χ0n) is 22.8. The fraction of sp³-hybridized carbons (Fsp3) is 0.500. The van der Waals surface area contributed by atoms with Crippen molar-refractivity contribution in [2.45, 2.75) is 49.9 Å². The van der Waals surface area contributed by atoms with Crippen LogP contribution in [0.3, 0.4) is 0 Å². The molecule has 2 aliphatic heterocycles. The van der Waals surface area contributed by atoms with Crippen LogP contribution in [-0.4, -0.2) is 99.4 Å². The Morgan fingerprint density at radius 3 is 2.73 bits per heavy atom. The molecule has 0 saturated carbocycles. The largest absolute Gasteiger partial charge is 0.483 e. The average Bonchev–Trinajstić information content (AvgIpc) is 3.55. The van der Waals surface area contributed by atoms with Gasteiger partial charge >= 0.3 is 0 Å². The van der Waals surface area contributed by atoms with Gasteiger partial charge in [0, 0.05) is 43.3 Å². The molecule has 4 atom stereocenters. The Morgan fingerprint density at radius 2 is 2.00 bits per heavy atom. The first-order valence-corrected chi connectivity index (χ1v) is 13.8. The number of aromatic nitrogens is 4. The molecule has 2 amide bonds. The van der Waals surface area contributed by atoms with Crippen LogP contribution in [0.25, 0.3) is 11.2 Å². The van der Waals surface area contributed by atoms with Crippen LogP contribution in [-0.2, 0) is 20.9 Å². The lowest BCUT2D eigenvalue weighted by Gasteiger charge is -2.31. The predicted molar refractivity (Wildman–Crippen MR) is 150 cm³/mol. The zero-order valence-corrected chi connectivity index (χ0v) is 23.5. The number of nitrogens with one attached hydrogen (secondary N) is 3. The number of piperidine rings is 1. The number of carbonyl (C=O) groups excluding carboxylic acids is 2. The molecule has 0 radical (unpaired) electrons. The second-order valence-electron chi connectivity index (χ2n) is 10.0.